The van der Waals surface area contributed by atoms with Crippen molar-refractivity contribution in [3.05, 3.63) is 68.8 Å². The third kappa shape index (κ3) is 3.53. The zero-order chi connectivity index (χ0) is 25.4. The first-order chi connectivity index (χ1) is 17.9. The van der Waals surface area contributed by atoms with Gasteiger partial charge in [-0.1, -0.05) is 42.5 Å². The molecule has 2 N–H and O–H groups in total. The Bertz CT molecular complexity index is 1250. The lowest BCUT2D eigenvalue weighted by Crippen LogP contribution is -2.69. The van der Waals surface area contributed by atoms with Gasteiger partial charge in [0.05, 0.1) is 13.2 Å². The minimum absolute atomic E-state index is 0.0843. The van der Waals surface area contributed by atoms with E-state index in [2.05, 4.69) is 40.0 Å². The number of nitrogens with one attached hydrogen (secondary N) is 1. The third-order valence-corrected chi connectivity index (χ3v) is 9.45. The van der Waals surface area contributed by atoms with Crippen molar-refractivity contribution in [3.8, 4) is 0 Å². The summed E-state index contributed by atoms with van der Waals surface area (Å²) in [5, 5.41) is 13.8. The first-order valence-corrected chi connectivity index (χ1v) is 13.7. The monoisotopic (exact) mass is 618 g/mol. The van der Waals surface area contributed by atoms with Crippen LogP contribution in [-0.4, -0.2) is 71.4 Å². The number of esters is 1. The molecule has 3 heterocycles. The molecule has 0 unspecified atom stereocenters. The highest BCUT2D eigenvalue weighted by atomic mass is 127. The molecule has 5 aliphatic rings. The fourth-order valence-corrected chi connectivity index (χ4v) is 7.45. The molecular weight excluding hydrogens is 591 g/mol. The standard InChI is InChI=1S/C27H27IN2O7/c28-18-8-4-3-7-17(18)14-30-22-24(32)34-19-13-27(22,25(33)29-9-10-31)23(37-30)21-20(19)35-26(36-21)11-15-5-1-2-6-16(15)12-26/h1-8,19-23,31H,9-14H2,(H,29,33)/t19-,20+,21+,22+,23-,27+/m1/s1. The van der Waals surface area contributed by atoms with Gasteiger partial charge in [-0.3, -0.25) is 14.4 Å². The number of amides is 1. The Balaban J connectivity index is 1.27. The molecule has 1 amide bonds. The van der Waals surface area contributed by atoms with Crippen LogP contribution in [0.25, 0.3) is 0 Å². The number of aliphatic hydroxyl groups excluding tert-OH is 1. The second-order valence-electron chi connectivity index (χ2n) is 10.5. The first kappa shape index (κ1) is 24.0. The predicted molar refractivity (Wildman–Crippen MR) is 137 cm³/mol. The van der Waals surface area contributed by atoms with Crippen molar-refractivity contribution in [2.24, 2.45) is 5.41 Å². The van der Waals surface area contributed by atoms with Crippen molar-refractivity contribution < 1.29 is 33.7 Å². The van der Waals surface area contributed by atoms with Gasteiger partial charge >= 0.3 is 5.97 Å². The number of benzene rings is 2. The van der Waals surface area contributed by atoms with Crippen LogP contribution in [0.4, 0.5) is 0 Å². The maximum Gasteiger partial charge on any atom is 0.327 e. The van der Waals surface area contributed by atoms with Crippen LogP contribution in [0.1, 0.15) is 23.1 Å². The average molecular weight is 618 g/mol. The van der Waals surface area contributed by atoms with Crippen LogP contribution < -0.4 is 5.32 Å². The molecule has 4 fully saturated rings. The highest BCUT2D eigenvalue weighted by molar-refractivity contribution is 14.1. The van der Waals surface area contributed by atoms with E-state index in [9.17, 15) is 14.7 Å². The molecule has 1 saturated carbocycles. The quantitative estimate of drug-likeness (QED) is 0.384. The van der Waals surface area contributed by atoms with Gasteiger partial charge < -0.3 is 24.6 Å². The average Bonchev–Trinajstić information content (AvgIpc) is 3.55. The molecule has 2 aliphatic carbocycles. The third-order valence-electron chi connectivity index (χ3n) is 8.39. The van der Waals surface area contributed by atoms with Crippen LogP contribution in [0.5, 0.6) is 0 Å². The lowest BCUT2D eigenvalue weighted by molar-refractivity contribution is -0.217. The number of hydroxylamine groups is 2. The van der Waals surface area contributed by atoms with Crippen LogP contribution in [0.15, 0.2) is 48.5 Å². The molecule has 2 aromatic carbocycles. The van der Waals surface area contributed by atoms with Gasteiger partial charge in [0.15, 0.2) is 11.8 Å². The lowest BCUT2D eigenvalue weighted by atomic mass is 9.62. The number of halogens is 1. The van der Waals surface area contributed by atoms with Crippen molar-refractivity contribution in [1.29, 1.82) is 0 Å². The number of hydrogen-bond donors (Lipinski definition) is 2. The van der Waals surface area contributed by atoms with Crippen molar-refractivity contribution in [3.63, 3.8) is 0 Å². The maximum absolute atomic E-state index is 13.8. The molecule has 0 radical (unpaired) electrons. The maximum atomic E-state index is 13.8. The summed E-state index contributed by atoms with van der Waals surface area (Å²) in [5.74, 6) is -1.71. The molecule has 3 saturated heterocycles. The van der Waals surface area contributed by atoms with Gasteiger partial charge in [-0.05, 0) is 45.3 Å². The Morgan fingerprint density at radius 3 is 2.51 bits per heavy atom. The van der Waals surface area contributed by atoms with Gasteiger partial charge in [-0.25, -0.2) is 0 Å². The van der Waals surface area contributed by atoms with E-state index in [1.807, 2.05) is 36.4 Å². The first-order valence-electron chi connectivity index (χ1n) is 12.6. The van der Waals surface area contributed by atoms with Crippen LogP contribution in [0, 0.1) is 8.99 Å². The molecule has 194 valence electrons. The van der Waals surface area contributed by atoms with E-state index in [-0.39, 0.29) is 25.5 Å². The minimum Gasteiger partial charge on any atom is -0.458 e. The largest absolute Gasteiger partial charge is 0.458 e. The van der Waals surface area contributed by atoms with Crippen molar-refractivity contribution in [2.45, 2.75) is 62.1 Å². The summed E-state index contributed by atoms with van der Waals surface area (Å²) in [6, 6.07) is 15.1. The number of aliphatic hydroxyl groups is 1. The topological polar surface area (TPSA) is 107 Å². The van der Waals surface area contributed by atoms with E-state index in [4.69, 9.17) is 19.0 Å². The zero-order valence-corrected chi connectivity index (χ0v) is 22.1. The Morgan fingerprint density at radius 2 is 1.78 bits per heavy atom. The van der Waals surface area contributed by atoms with Crippen LogP contribution in [0.3, 0.4) is 0 Å². The van der Waals surface area contributed by atoms with Gasteiger partial charge in [-0.15, -0.1) is 0 Å². The Labute approximate surface area is 227 Å². The molecule has 10 heteroatoms. The van der Waals surface area contributed by atoms with Gasteiger partial charge in [0, 0.05) is 29.4 Å². The molecule has 7 rings (SSSR count). The van der Waals surface area contributed by atoms with Gasteiger partial charge in [0.1, 0.15) is 29.8 Å². The highest BCUT2D eigenvalue weighted by Crippen LogP contribution is 2.58. The van der Waals surface area contributed by atoms with Crippen LogP contribution in [-0.2, 0) is 48.0 Å². The predicted octanol–water partition coefficient (Wildman–Crippen LogP) is 1.48. The Hall–Kier alpha value is -2.09. The second-order valence-corrected chi connectivity index (χ2v) is 11.7. The van der Waals surface area contributed by atoms with E-state index >= 15 is 0 Å². The summed E-state index contributed by atoms with van der Waals surface area (Å²) >= 11 is 2.25. The number of rotatable bonds is 5. The SMILES string of the molecule is O=C1O[C@@H]2C[C@@]3(C(=O)NCCO)[C@H](ON(Cc4ccccc4I)[C@@H]13)[C@H]1OC3(Cc4ccccc4C3)O[C@H]12. The summed E-state index contributed by atoms with van der Waals surface area (Å²) in [6.07, 6.45) is -1.07. The smallest absolute Gasteiger partial charge is 0.327 e. The summed E-state index contributed by atoms with van der Waals surface area (Å²) in [6.45, 7) is 0.190. The summed E-state index contributed by atoms with van der Waals surface area (Å²) in [5.41, 5.74) is 2.09. The summed E-state index contributed by atoms with van der Waals surface area (Å²) < 4.78 is 20.3. The lowest BCUT2D eigenvalue weighted by Gasteiger charge is -2.48. The molecule has 6 atom stereocenters. The van der Waals surface area contributed by atoms with Gasteiger partial charge in [0.25, 0.3) is 0 Å². The zero-order valence-electron chi connectivity index (χ0n) is 20.0. The van der Waals surface area contributed by atoms with Crippen molar-refractivity contribution in [2.75, 3.05) is 13.2 Å². The van der Waals surface area contributed by atoms with Crippen molar-refractivity contribution in [1.82, 2.24) is 10.4 Å². The van der Waals surface area contributed by atoms with Gasteiger partial charge in [-0.2, -0.15) is 5.06 Å². The second kappa shape index (κ2) is 8.72. The molecule has 1 spiro atoms. The molecule has 2 bridgehead atoms. The van der Waals surface area contributed by atoms with Crippen LogP contribution in [0.2, 0.25) is 0 Å². The van der Waals surface area contributed by atoms with E-state index in [1.54, 1.807) is 5.06 Å². The molecule has 37 heavy (non-hydrogen) atoms. The van der Waals surface area contributed by atoms with E-state index in [1.165, 1.54) is 11.1 Å². The van der Waals surface area contributed by atoms with E-state index in [0.717, 1.165) is 9.13 Å². The van der Waals surface area contributed by atoms with E-state index < -0.39 is 47.6 Å². The van der Waals surface area contributed by atoms with Gasteiger partial charge in [0.2, 0.25) is 5.91 Å². The minimum atomic E-state index is -1.23. The molecule has 9 nitrogen and oxygen atoms in total. The number of fused-ring (bicyclic) bond motifs is 5. The fraction of sp³-hybridized carbons (Fsp3) is 0.481. The number of ether oxygens (including phenoxy) is 3. The summed E-state index contributed by atoms with van der Waals surface area (Å²) in [4.78, 5) is 33.9. The van der Waals surface area contributed by atoms with Crippen molar-refractivity contribution >= 4 is 34.5 Å². The van der Waals surface area contributed by atoms with E-state index in [0.29, 0.717) is 19.4 Å². The number of carbonyl (C=O) groups is 2. The molecule has 3 aliphatic heterocycles. The number of hydrogen-bond acceptors (Lipinski definition) is 8. The normalized spacial score (nSPS) is 34.8. The molecule has 0 aromatic heterocycles. The number of carbonyl (C=O) groups excluding carboxylic acids is 2. The molecule has 2 aromatic rings. The van der Waals surface area contributed by atoms with Crippen LogP contribution >= 0.6 is 22.6 Å². The molecular formula is C27H27IN2O7. The highest BCUT2D eigenvalue weighted by Gasteiger charge is 2.76. The Kier molecular flexibility index (Phi) is 5.65. The summed E-state index contributed by atoms with van der Waals surface area (Å²) in [7, 11) is 0. The fourth-order valence-electron chi connectivity index (χ4n) is 6.89. The Morgan fingerprint density at radius 1 is 1.08 bits per heavy atom. The number of nitrogens with zero attached hydrogens (tertiary/aromatic N) is 1.